The molecule has 0 bridgehead atoms. The van der Waals surface area contributed by atoms with Crippen molar-refractivity contribution >= 4 is 34.1 Å². The third-order valence-corrected chi connectivity index (χ3v) is 5.57. The third-order valence-electron chi connectivity index (χ3n) is 4.16. The average Bonchev–Trinajstić information content (AvgIpc) is 3.37. The van der Waals surface area contributed by atoms with Gasteiger partial charge in [-0.05, 0) is 48.7 Å². The second-order valence-corrected chi connectivity index (χ2v) is 7.69. The van der Waals surface area contributed by atoms with E-state index in [0.29, 0.717) is 10.8 Å². The highest BCUT2D eigenvalue weighted by atomic mass is 32.2. The number of amides is 1. The molecule has 0 spiro atoms. The number of anilines is 1. The Balaban J connectivity index is 1.63. The van der Waals surface area contributed by atoms with Crippen LogP contribution in [0.1, 0.15) is 10.5 Å². The van der Waals surface area contributed by atoms with E-state index < -0.39 is 23.4 Å². The Kier molecular flexibility index (Phi) is 5.60. The molecule has 0 aliphatic heterocycles. The van der Waals surface area contributed by atoms with Crippen molar-refractivity contribution in [2.45, 2.75) is 5.16 Å². The van der Waals surface area contributed by atoms with Crippen molar-refractivity contribution in [1.82, 2.24) is 14.5 Å². The van der Waals surface area contributed by atoms with E-state index in [0.717, 1.165) is 29.5 Å². The summed E-state index contributed by atoms with van der Waals surface area (Å²) in [5.74, 6) is -2.08. The SMILES string of the molecule is CSc1ncc(C(=O)Nc2nc(-c3cc(F)ccc3F)cs2)n1-c1ccc(F)cc1. The van der Waals surface area contributed by atoms with E-state index in [1.165, 1.54) is 35.5 Å². The lowest BCUT2D eigenvalue weighted by molar-refractivity contribution is 0.102. The number of imidazole rings is 1. The highest BCUT2D eigenvalue weighted by Crippen LogP contribution is 2.28. The van der Waals surface area contributed by atoms with E-state index in [1.807, 2.05) is 6.26 Å². The Morgan fingerprint density at radius 2 is 1.83 bits per heavy atom. The van der Waals surface area contributed by atoms with Gasteiger partial charge in [0.1, 0.15) is 23.1 Å². The zero-order chi connectivity index (χ0) is 21.3. The number of carbonyl (C=O) groups is 1. The molecule has 2 aromatic carbocycles. The van der Waals surface area contributed by atoms with Crippen molar-refractivity contribution in [3.8, 4) is 16.9 Å². The molecule has 2 heterocycles. The highest BCUT2D eigenvalue weighted by Gasteiger charge is 2.19. The van der Waals surface area contributed by atoms with Crippen molar-refractivity contribution in [3.05, 3.63) is 77.2 Å². The third kappa shape index (κ3) is 3.96. The van der Waals surface area contributed by atoms with Crippen molar-refractivity contribution < 1.29 is 18.0 Å². The van der Waals surface area contributed by atoms with Gasteiger partial charge in [0.05, 0.1) is 11.9 Å². The summed E-state index contributed by atoms with van der Waals surface area (Å²) in [5.41, 5.74) is 1.02. The van der Waals surface area contributed by atoms with Crippen molar-refractivity contribution in [2.75, 3.05) is 11.6 Å². The van der Waals surface area contributed by atoms with Gasteiger partial charge in [-0.2, -0.15) is 0 Å². The molecule has 0 atom stereocenters. The maximum atomic E-state index is 14.0. The van der Waals surface area contributed by atoms with Gasteiger partial charge in [0, 0.05) is 16.6 Å². The molecule has 30 heavy (non-hydrogen) atoms. The minimum atomic E-state index is -0.612. The maximum Gasteiger partial charge on any atom is 0.276 e. The van der Waals surface area contributed by atoms with E-state index in [1.54, 1.807) is 16.7 Å². The summed E-state index contributed by atoms with van der Waals surface area (Å²) >= 11 is 2.41. The Labute approximate surface area is 177 Å². The summed E-state index contributed by atoms with van der Waals surface area (Å²) in [6.07, 6.45) is 3.22. The van der Waals surface area contributed by atoms with E-state index >= 15 is 0 Å². The highest BCUT2D eigenvalue weighted by molar-refractivity contribution is 7.98. The van der Waals surface area contributed by atoms with Crippen LogP contribution in [-0.2, 0) is 0 Å². The molecule has 1 amide bonds. The van der Waals surface area contributed by atoms with Crippen molar-refractivity contribution in [1.29, 1.82) is 0 Å². The summed E-state index contributed by atoms with van der Waals surface area (Å²) < 4.78 is 42.3. The fourth-order valence-electron chi connectivity index (χ4n) is 2.79. The van der Waals surface area contributed by atoms with Gasteiger partial charge < -0.3 is 0 Å². The first-order chi connectivity index (χ1) is 14.5. The number of nitrogens with one attached hydrogen (secondary N) is 1. The number of hydrogen-bond donors (Lipinski definition) is 1. The maximum absolute atomic E-state index is 14.0. The lowest BCUT2D eigenvalue weighted by Gasteiger charge is -2.10. The monoisotopic (exact) mass is 446 g/mol. The minimum absolute atomic E-state index is 0.00720. The Bertz CT molecular complexity index is 1220. The molecule has 4 rings (SSSR count). The predicted molar refractivity (Wildman–Crippen MR) is 111 cm³/mol. The topological polar surface area (TPSA) is 59.8 Å². The number of benzene rings is 2. The van der Waals surface area contributed by atoms with Crippen LogP contribution in [0.25, 0.3) is 16.9 Å². The Morgan fingerprint density at radius 3 is 2.57 bits per heavy atom. The molecule has 0 unspecified atom stereocenters. The van der Waals surface area contributed by atoms with Crippen LogP contribution in [0, 0.1) is 17.5 Å². The lowest BCUT2D eigenvalue weighted by Crippen LogP contribution is -2.16. The Morgan fingerprint density at radius 1 is 1.10 bits per heavy atom. The van der Waals surface area contributed by atoms with Gasteiger partial charge >= 0.3 is 0 Å². The summed E-state index contributed by atoms with van der Waals surface area (Å²) in [5, 5.41) is 4.94. The van der Waals surface area contributed by atoms with Crippen molar-refractivity contribution in [2.24, 2.45) is 0 Å². The van der Waals surface area contributed by atoms with Gasteiger partial charge in [-0.3, -0.25) is 14.7 Å². The molecule has 0 saturated heterocycles. The standard InChI is InChI=1S/C20H13F3N4OS2/c1-29-20-24-9-17(27(20)13-5-2-11(21)3-6-13)18(28)26-19-25-16(10-30-19)14-8-12(22)4-7-15(14)23/h2-10H,1H3,(H,25,26,28). The zero-order valence-corrected chi connectivity index (χ0v) is 17.0. The van der Waals surface area contributed by atoms with Crippen molar-refractivity contribution in [3.63, 3.8) is 0 Å². The molecule has 5 nitrogen and oxygen atoms in total. The summed E-state index contributed by atoms with van der Waals surface area (Å²) in [7, 11) is 0. The molecule has 4 aromatic rings. The van der Waals surface area contributed by atoms with Crippen LogP contribution >= 0.6 is 23.1 Å². The van der Waals surface area contributed by atoms with Gasteiger partial charge in [-0.15, -0.1) is 11.3 Å². The normalized spacial score (nSPS) is 10.9. The fraction of sp³-hybridized carbons (Fsp3) is 0.0500. The first-order valence-electron chi connectivity index (χ1n) is 8.56. The smallest absolute Gasteiger partial charge is 0.276 e. The number of thioether (sulfide) groups is 1. The largest absolute Gasteiger partial charge is 0.296 e. The second kappa shape index (κ2) is 8.33. The average molecular weight is 446 g/mol. The van der Waals surface area contributed by atoms with Gasteiger partial charge in [-0.1, -0.05) is 11.8 Å². The van der Waals surface area contributed by atoms with Crippen LogP contribution < -0.4 is 5.32 Å². The first kappa shape index (κ1) is 20.2. The molecule has 152 valence electrons. The van der Waals surface area contributed by atoms with E-state index in [9.17, 15) is 18.0 Å². The quantitative estimate of drug-likeness (QED) is 0.418. The molecule has 0 radical (unpaired) electrons. The number of aromatic nitrogens is 3. The Hall–Kier alpha value is -3.11. The van der Waals surface area contributed by atoms with Crippen LogP contribution in [0.4, 0.5) is 18.3 Å². The minimum Gasteiger partial charge on any atom is -0.296 e. The number of hydrogen-bond acceptors (Lipinski definition) is 5. The molecule has 0 fully saturated rings. The van der Waals surface area contributed by atoms with E-state index in [-0.39, 0.29) is 22.1 Å². The van der Waals surface area contributed by atoms with Crippen LogP contribution in [0.5, 0.6) is 0 Å². The number of thiazole rings is 1. The molecule has 1 N–H and O–H groups in total. The number of nitrogens with zero attached hydrogens (tertiary/aromatic N) is 3. The van der Waals surface area contributed by atoms with E-state index in [2.05, 4.69) is 15.3 Å². The number of carbonyl (C=O) groups excluding carboxylic acids is 1. The molecular weight excluding hydrogens is 433 g/mol. The summed E-state index contributed by atoms with van der Waals surface area (Å²) in [6, 6.07) is 8.76. The van der Waals surface area contributed by atoms with E-state index in [4.69, 9.17) is 0 Å². The van der Waals surface area contributed by atoms with Gasteiger partial charge in [0.25, 0.3) is 5.91 Å². The van der Waals surface area contributed by atoms with Crippen LogP contribution in [0.3, 0.4) is 0 Å². The summed E-state index contributed by atoms with van der Waals surface area (Å²) in [6.45, 7) is 0. The molecular formula is C20H13F3N4OS2. The molecule has 0 aliphatic carbocycles. The predicted octanol–water partition coefficient (Wildman–Crippen LogP) is 5.39. The summed E-state index contributed by atoms with van der Waals surface area (Å²) in [4.78, 5) is 21.3. The zero-order valence-electron chi connectivity index (χ0n) is 15.4. The number of rotatable bonds is 5. The fourth-order valence-corrected chi connectivity index (χ4v) is 4.04. The van der Waals surface area contributed by atoms with Crippen LogP contribution in [0.15, 0.2) is 59.2 Å². The molecule has 2 aromatic heterocycles. The number of halogens is 3. The molecule has 10 heteroatoms. The van der Waals surface area contributed by atoms with Crippen LogP contribution in [0.2, 0.25) is 0 Å². The van der Waals surface area contributed by atoms with Gasteiger partial charge in [0.15, 0.2) is 10.3 Å². The first-order valence-corrected chi connectivity index (χ1v) is 10.7. The molecule has 0 saturated carbocycles. The van der Waals surface area contributed by atoms with Gasteiger partial charge in [0.2, 0.25) is 0 Å². The lowest BCUT2D eigenvalue weighted by atomic mass is 10.1. The van der Waals surface area contributed by atoms with Crippen LogP contribution in [-0.4, -0.2) is 26.7 Å². The molecule has 0 aliphatic rings. The van der Waals surface area contributed by atoms with Gasteiger partial charge in [-0.25, -0.2) is 23.1 Å². The second-order valence-electron chi connectivity index (χ2n) is 6.06.